The van der Waals surface area contributed by atoms with Crippen LogP contribution in [0.2, 0.25) is 0 Å². The molecular formula is C16H19FN2O2. The van der Waals surface area contributed by atoms with E-state index in [4.69, 9.17) is 9.47 Å². The standard InChI is InChI=1S/C16H19FN2O2/c1-18-10-13-9-14(17)11-19-16(13)21-15-5-3-12(4-6-15)7-8-20-2/h3-6,9,11,18H,7-8,10H2,1-2H3. The van der Waals surface area contributed by atoms with Gasteiger partial charge in [-0.15, -0.1) is 0 Å². The first-order chi connectivity index (χ1) is 10.2. The van der Waals surface area contributed by atoms with Gasteiger partial charge in [-0.1, -0.05) is 12.1 Å². The number of hydrogen-bond acceptors (Lipinski definition) is 4. The number of pyridine rings is 1. The van der Waals surface area contributed by atoms with Gasteiger partial charge in [0.1, 0.15) is 11.6 Å². The van der Waals surface area contributed by atoms with E-state index in [2.05, 4.69) is 10.3 Å². The summed E-state index contributed by atoms with van der Waals surface area (Å²) in [7, 11) is 3.47. The maximum Gasteiger partial charge on any atom is 0.223 e. The number of rotatable bonds is 7. The molecule has 0 unspecified atom stereocenters. The third kappa shape index (κ3) is 4.51. The van der Waals surface area contributed by atoms with E-state index in [0.717, 1.165) is 12.6 Å². The Morgan fingerprint density at radius 3 is 2.67 bits per heavy atom. The van der Waals surface area contributed by atoms with E-state index >= 15 is 0 Å². The molecule has 0 atom stereocenters. The summed E-state index contributed by atoms with van der Waals surface area (Å²) in [4.78, 5) is 4.01. The van der Waals surface area contributed by atoms with Gasteiger partial charge < -0.3 is 14.8 Å². The lowest BCUT2D eigenvalue weighted by atomic mass is 10.1. The maximum absolute atomic E-state index is 13.2. The first-order valence-electron chi connectivity index (χ1n) is 6.77. The first-order valence-corrected chi connectivity index (χ1v) is 6.77. The Bertz CT molecular complexity index is 573. The molecule has 0 aliphatic carbocycles. The third-order valence-electron chi connectivity index (χ3n) is 2.99. The lowest BCUT2D eigenvalue weighted by Gasteiger charge is -2.10. The molecule has 1 aromatic heterocycles. The molecule has 2 aromatic rings. The average molecular weight is 290 g/mol. The Morgan fingerprint density at radius 2 is 2.00 bits per heavy atom. The van der Waals surface area contributed by atoms with Crippen LogP contribution in [-0.2, 0) is 17.7 Å². The van der Waals surface area contributed by atoms with Crippen molar-refractivity contribution in [1.29, 1.82) is 0 Å². The Labute approximate surface area is 123 Å². The van der Waals surface area contributed by atoms with Crippen LogP contribution in [0, 0.1) is 5.82 Å². The molecule has 0 spiro atoms. The number of ether oxygens (including phenoxy) is 2. The van der Waals surface area contributed by atoms with Gasteiger partial charge in [0, 0.05) is 19.2 Å². The zero-order valence-corrected chi connectivity index (χ0v) is 12.2. The van der Waals surface area contributed by atoms with Crippen LogP contribution in [0.4, 0.5) is 4.39 Å². The number of nitrogens with zero attached hydrogens (tertiary/aromatic N) is 1. The highest BCUT2D eigenvalue weighted by molar-refractivity contribution is 5.34. The summed E-state index contributed by atoms with van der Waals surface area (Å²) in [6.45, 7) is 1.18. The molecule has 2 rings (SSSR count). The molecule has 0 bridgehead atoms. The van der Waals surface area contributed by atoms with Crippen LogP contribution < -0.4 is 10.1 Å². The fourth-order valence-corrected chi connectivity index (χ4v) is 1.93. The molecule has 0 aliphatic rings. The minimum absolute atomic E-state index is 0.373. The zero-order chi connectivity index (χ0) is 15.1. The summed E-state index contributed by atoms with van der Waals surface area (Å²) in [5.41, 5.74) is 1.85. The SMILES string of the molecule is CNCc1cc(F)cnc1Oc1ccc(CCOC)cc1. The highest BCUT2D eigenvalue weighted by Crippen LogP contribution is 2.24. The molecule has 0 amide bonds. The van der Waals surface area contributed by atoms with Crippen LogP contribution >= 0.6 is 0 Å². The van der Waals surface area contributed by atoms with Crippen LogP contribution in [0.3, 0.4) is 0 Å². The molecule has 0 saturated carbocycles. The van der Waals surface area contributed by atoms with Crippen molar-refractivity contribution in [2.45, 2.75) is 13.0 Å². The molecule has 4 nitrogen and oxygen atoms in total. The van der Waals surface area contributed by atoms with Gasteiger partial charge in [0.25, 0.3) is 0 Å². The second kappa shape index (κ2) is 7.71. The van der Waals surface area contributed by atoms with E-state index in [1.54, 1.807) is 14.2 Å². The maximum atomic E-state index is 13.2. The molecule has 0 aliphatic heterocycles. The molecule has 21 heavy (non-hydrogen) atoms. The minimum atomic E-state index is -0.373. The van der Waals surface area contributed by atoms with Crippen molar-refractivity contribution in [3.05, 3.63) is 53.5 Å². The number of halogens is 1. The highest BCUT2D eigenvalue weighted by Gasteiger charge is 2.08. The van der Waals surface area contributed by atoms with E-state index in [9.17, 15) is 4.39 Å². The van der Waals surface area contributed by atoms with Crippen molar-refractivity contribution < 1.29 is 13.9 Å². The largest absolute Gasteiger partial charge is 0.439 e. The minimum Gasteiger partial charge on any atom is -0.439 e. The van der Waals surface area contributed by atoms with Crippen molar-refractivity contribution in [1.82, 2.24) is 10.3 Å². The predicted molar refractivity (Wildman–Crippen MR) is 79.1 cm³/mol. The smallest absolute Gasteiger partial charge is 0.223 e. The van der Waals surface area contributed by atoms with Crippen molar-refractivity contribution in [2.75, 3.05) is 20.8 Å². The van der Waals surface area contributed by atoms with E-state index in [1.165, 1.54) is 11.6 Å². The van der Waals surface area contributed by atoms with Crippen LogP contribution in [0.5, 0.6) is 11.6 Å². The van der Waals surface area contributed by atoms with E-state index in [-0.39, 0.29) is 5.82 Å². The van der Waals surface area contributed by atoms with Crippen LogP contribution in [0.25, 0.3) is 0 Å². The zero-order valence-electron chi connectivity index (χ0n) is 12.2. The summed E-state index contributed by atoms with van der Waals surface area (Å²) < 4.78 is 24.0. The predicted octanol–water partition coefficient (Wildman–Crippen LogP) is 2.92. The van der Waals surface area contributed by atoms with Crippen molar-refractivity contribution in [3.63, 3.8) is 0 Å². The molecule has 5 heteroatoms. The Balaban J connectivity index is 2.10. The molecule has 0 radical (unpaired) electrons. The summed E-state index contributed by atoms with van der Waals surface area (Å²) >= 11 is 0. The number of hydrogen-bond donors (Lipinski definition) is 1. The molecule has 1 heterocycles. The van der Waals surface area contributed by atoms with E-state index < -0.39 is 0 Å². The van der Waals surface area contributed by atoms with Crippen LogP contribution in [0.15, 0.2) is 36.5 Å². The fourth-order valence-electron chi connectivity index (χ4n) is 1.93. The van der Waals surface area contributed by atoms with Gasteiger partial charge in [-0.05, 0) is 37.2 Å². The van der Waals surface area contributed by atoms with Gasteiger partial charge in [-0.2, -0.15) is 0 Å². The Kier molecular flexibility index (Phi) is 5.66. The van der Waals surface area contributed by atoms with Crippen molar-refractivity contribution >= 4 is 0 Å². The average Bonchev–Trinajstić information content (AvgIpc) is 2.49. The molecule has 0 fully saturated rings. The second-order valence-corrected chi connectivity index (χ2v) is 4.64. The van der Waals surface area contributed by atoms with Gasteiger partial charge >= 0.3 is 0 Å². The molecule has 112 valence electrons. The lowest BCUT2D eigenvalue weighted by Crippen LogP contribution is -2.07. The quantitative estimate of drug-likeness (QED) is 0.851. The summed E-state index contributed by atoms with van der Waals surface area (Å²) in [5, 5.41) is 2.97. The van der Waals surface area contributed by atoms with Gasteiger partial charge in [0.05, 0.1) is 12.8 Å². The number of aromatic nitrogens is 1. The van der Waals surface area contributed by atoms with Crippen molar-refractivity contribution in [3.8, 4) is 11.6 Å². The second-order valence-electron chi connectivity index (χ2n) is 4.64. The fraction of sp³-hybridized carbons (Fsp3) is 0.312. The molecule has 0 saturated heterocycles. The number of methoxy groups -OCH3 is 1. The topological polar surface area (TPSA) is 43.4 Å². The summed E-state index contributed by atoms with van der Waals surface area (Å²) in [6, 6.07) is 9.13. The first kappa shape index (κ1) is 15.4. The van der Waals surface area contributed by atoms with Crippen LogP contribution in [0.1, 0.15) is 11.1 Å². The third-order valence-corrected chi connectivity index (χ3v) is 2.99. The molecule has 1 aromatic carbocycles. The normalized spacial score (nSPS) is 10.6. The number of nitrogens with one attached hydrogen (secondary N) is 1. The van der Waals surface area contributed by atoms with Gasteiger partial charge in [-0.3, -0.25) is 0 Å². The summed E-state index contributed by atoms with van der Waals surface area (Å²) in [5.74, 6) is 0.713. The van der Waals surface area contributed by atoms with E-state index in [0.29, 0.717) is 30.3 Å². The van der Waals surface area contributed by atoms with Crippen molar-refractivity contribution in [2.24, 2.45) is 0 Å². The van der Waals surface area contributed by atoms with Gasteiger partial charge in [0.15, 0.2) is 0 Å². The monoisotopic (exact) mass is 290 g/mol. The number of benzene rings is 1. The molecule has 1 N–H and O–H groups in total. The lowest BCUT2D eigenvalue weighted by molar-refractivity contribution is 0.202. The van der Waals surface area contributed by atoms with Crippen LogP contribution in [-0.4, -0.2) is 25.7 Å². The summed E-state index contributed by atoms with van der Waals surface area (Å²) in [6.07, 6.45) is 2.01. The van der Waals surface area contributed by atoms with E-state index in [1.807, 2.05) is 24.3 Å². The molecular weight excluding hydrogens is 271 g/mol. The Morgan fingerprint density at radius 1 is 1.24 bits per heavy atom. The highest BCUT2D eigenvalue weighted by atomic mass is 19.1. The Hall–Kier alpha value is -1.98. The van der Waals surface area contributed by atoms with Gasteiger partial charge in [0.2, 0.25) is 5.88 Å². The van der Waals surface area contributed by atoms with Gasteiger partial charge in [-0.25, -0.2) is 9.37 Å².